The van der Waals surface area contributed by atoms with E-state index in [-0.39, 0.29) is 17.7 Å². The third kappa shape index (κ3) is 3.03. The molecular formula is C8H11Cl2N3OS. The zero-order valence-electron chi connectivity index (χ0n) is 8.17. The quantitative estimate of drug-likeness (QED) is 0.830. The molecule has 7 heteroatoms. The second kappa shape index (κ2) is 5.63. The molecule has 0 aliphatic rings. The number of halogens is 2. The van der Waals surface area contributed by atoms with Gasteiger partial charge in [-0.2, -0.15) is 0 Å². The number of rotatable bonds is 5. The molecule has 1 N–H and O–H groups in total. The lowest BCUT2D eigenvalue weighted by molar-refractivity contribution is 0.0908. The molecule has 4 nitrogen and oxygen atoms in total. The standard InChI is InChI=1S/C8H11Cl2N3OS/c1-2-8(4-9,5-10)11-7(14)6-3-15-13-12-6/h3H,2,4-5H2,1H3,(H,11,14). The number of carbonyl (C=O) groups is 1. The van der Waals surface area contributed by atoms with Crippen molar-refractivity contribution < 1.29 is 4.79 Å². The van der Waals surface area contributed by atoms with Crippen LogP contribution in [-0.4, -0.2) is 32.8 Å². The maximum Gasteiger partial charge on any atom is 0.273 e. The van der Waals surface area contributed by atoms with Crippen LogP contribution in [0.3, 0.4) is 0 Å². The van der Waals surface area contributed by atoms with Crippen molar-refractivity contribution in [2.24, 2.45) is 0 Å². The monoisotopic (exact) mass is 267 g/mol. The van der Waals surface area contributed by atoms with E-state index in [0.717, 1.165) is 11.5 Å². The second-order valence-electron chi connectivity index (χ2n) is 3.15. The third-order valence-electron chi connectivity index (χ3n) is 2.16. The van der Waals surface area contributed by atoms with Gasteiger partial charge in [0.15, 0.2) is 5.69 Å². The summed E-state index contributed by atoms with van der Waals surface area (Å²) in [4.78, 5) is 11.7. The molecule has 0 atom stereocenters. The Labute approximate surface area is 102 Å². The molecule has 0 radical (unpaired) electrons. The molecule has 0 aliphatic carbocycles. The van der Waals surface area contributed by atoms with Crippen LogP contribution in [0.2, 0.25) is 0 Å². The Balaban J connectivity index is 2.71. The molecule has 0 aliphatic heterocycles. The molecule has 0 saturated heterocycles. The fraction of sp³-hybridized carbons (Fsp3) is 0.625. The third-order valence-corrected chi connectivity index (χ3v) is 3.69. The Hall–Kier alpha value is -0.390. The SMILES string of the molecule is CCC(CCl)(CCl)NC(=O)c1csnn1. The Kier molecular flexibility index (Phi) is 4.76. The highest BCUT2D eigenvalue weighted by Crippen LogP contribution is 2.15. The van der Waals surface area contributed by atoms with E-state index < -0.39 is 5.54 Å². The maximum absolute atomic E-state index is 11.7. The van der Waals surface area contributed by atoms with Crippen LogP contribution in [0, 0.1) is 0 Å². The smallest absolute Gasteiger partial charge is 0.273 e. The Morgan fingerprint density at radius 3 is 2.67 bits per heavy atom. The summed E-state index contributed by atoms with van der Waals surface area (Å²) in [5, 5.41) is 8.04. The summed E-state index contributed by atoms with van der Waals surface area (Å²) in [7, 11) is 0. The molecule has 15 heavy (non-hydrogen) atoms. The fourth-order valence-corrected chi connectivity index (χ4v) is 2.18. The van der Waals surface area contributed by atoms with Gasteiger partial charge in [-0.3, -0.25) is 4.79 Å². The molecule has 0 saturated carbocycles. The van der Waals surface area contributed by atoms with Crippen molar-refractivity contribution in [1.82, 2.24) is 14.9 Å². The van der Waals surface area contributed by atoms with Gasteiger partial charge in [0.1, 0.15) is 0 Å². The van der Waals surface area contributed by atoms with Crippen LogP contribution in [-0.2, 0) is 0 Å². The van der Waals surface area contributed by atoms with Gasteiger partial charge in [-0.15, -0.1) is 28.3 Å². The zero-order valence-corrected chi connectivity index (χ0v) is 10.5. The van der Waals surface area contributed by atoms with Crippen LogP contribution < -0.4 is 5.32 Å². The number of hydrogen-bond donors (Lipinski definition) is 1. The lowest BCUT2D eigenvalue weighted by Crippen LogP contribution is -2.51. The molecule has 1 aromatic heterocycles. The van der Waals surface area contributed by atoms with Crippen molar-refractivity contribution in [3.63, 3.8) is 0 Å². The van der Waals surface area contributed by atoms with E-state index in [2.05, 4.69) is 14.9 Å². The summed E-state index contributed by atoms with van der Waals surface area (Å²) < 4.78 is 3.62. The van der Waals surface area contributed by atoms with E-state index in [1.807, 2.05) is 6.92 Å². The molecule has 0 unspecified atom stereocenters. The maximum atomic E-state index is 11.7. The minimum atomic E-state index is -0.566. The topological polar surface area (TPSA) is 54.9 Å². The van der Waals surface area contributed by atoms with Gasteiger partial charge < -0.3 is 5.32 Å². The van der Waals surface area contributed by atoms with Crippen molar-refractivity contribution in [2.45, 2.75) is 18.9 Å². The van der Waals surface area contributed by atoms with E-state index in [1.54, 1.807) is 5.38 Å². The van der Waals surface area contributed by atoms with Crippen molar-refractivity contribution in [3.05, 3.63) is 11.1 Å². The van der Waals surface area contributed by atoms with Gasteiger partial charge in [0.2, 0.25) is 0 Å². The number of hydrogen-bond acceptors (Lipinski definition) is 4. The number of amides is 1. The Bertz CT molecular complexity index is 305. The molecule has 1 aromatic rings. The number of aromatic nitrogens is 2. The predicted octanol–water partition coefficient (Wildman–Crippen LogP) is 1.89. The van der Waals surface area contributed by atoms with Gasteiger partial charge in [0, 0.05) is 17.1 Å². The fourth-order valence-electron chi connectivity index (χ4n) is 0.948. The number of alkyl halides is 2. The Morgan fingerprint density at radius 2 is 2.27 bits per heavy atom. The summed E-state index contributed by atoms with van der Waals surface area (Å²) in [5.74, 6) is 0.263. The zero-order chi connectivity index (χ0) is 11.3. The summed E-state index contributed by atoms with van der Waals surface area (Å²) in [5.41, 5.74) is -0.267. The molecule has 1 rings (SSSR count). The molecule has 0 aromatic carbocycles. The predicted molar refractivity (Wildman–Crippen MR) is 61.8 cm³/mol. The highest BCUT2D eigenvalue weighted by atomic mass is 35.5. The lowest BCUT2D eigenvalue weighted by atomic mass is 10.0. The summed E-state index contributed by atoms with van der Waals surface area (Å²) in [6.45, 7) is 1.92. The lowest BCUT2D eigenvalue weighted by Gasteiger charge is -2.28. The van der Waals surface area contributed by atoms with Crippen LogP contribution >= 0.6 is 34.7 Å². The van der Waals surface area contributed by atoms with Crippen molar-refractivity contribution in [2.75, 3.05) is 11.8 Å². The van der Waals surface area contributed by atoms with Crippen LogP contribution in [0.1, 0.15) is 23.8 Å². The van der Waals surface area contributed by atoms with Crippen molar-refractivity contribution >= 4 is 40.6 Å². The first-order chi connectivity index (χ1) is 7.17. The molecule has 0 bridgehead atoms. The van der Waals surface area contributed by atoms with E-state index in [1.165, 1.54) is 0 Å². The molecule has 0 fully saturated rings. The van der Waals surface area contributed by atoms with Crippen LogP contribution in [0.4, 0.5) is 0 Å². The highest BCUT2D eigenvalue weighted by Gasteiger charge is 2.29. The first-order valence-electron chi connectivity index (χ1n) is 4.39. The average Bonchev–Trinajstić information content (AvgIpc) is 2.79. The van der Waals surface area contributed by atoms with Gasteiger partial charge in [-0.25, -0.2) is 0 Å². The van der Waals surface area contributed by atoms with Crippen LogP contribution in [0.5, 0.6) is 0 Å². The number of nitrogens with one attached hydrogen (secondary N) is 1. The minimum absolute atomic E-state index is 0.274. The number of nitrogens with zero attached hydrogens (tertiary/aromatic N) is 2. The van der Waals surface area contributed by atoms with Gasteiger partial charge in [-0.05, 0) is 18.0 Å². The molecule has 1 amide bonds. The molecular weight excluding hydrogens is 257 g/mol. The van der Waals surface area contributed by atoms with E-state index in [9.17, 15) is 4.79 Å². The molecule has 1 heterocycles. The first-order valence-corrected chi connectivity index (χ1v) is 6.29. The highest BCUT2D eigenvalue weighted by molar-refractivity contribution is 7.03. The van der Waals surface area contributed by atoms with Crippen molar-refractivity contribution in [3.8, 4) is 0 Å². The Morgan fingerprint density at radius 1 is 1.60 bits per heavy atom. The summed E-state index contributed by atoms with van der Waals surface area (Å²) >= 11 is 12.7. The van der Waals surface area contributed by atoms with Gasteiger partial charge >= 0.3 is 0 Å². The van der Waals surface area contributed by atoms with Gasteiger partial charge in [0.25, 0.3) is 5.91 Å². The van der Waals surface area contributed by atoms with Gasteiger partial charge in [0.05, 0.1) is 5.54 Å². The second-order valence-corrected chi connectivity index (χ2v) is 4.29. The summed E-state index contributed by atoms with van der Waals surface area (Å²) in [6, 6.07) is 0. The molecule has 84 valence electrons. The van der Waals surface area contributed by atoms with E-state index in [0.29, 0.717) is 12.1 Å². The number of carbonyl (C=O) groups excluding carboxylic acids is 1. The molecule has 0 spiro atoms. The largest absolute Gasteiger partial charge is 0.343 e. The van der Waals surface area contributed by atoms with Crippen LogP contribution in [0.15, 0.2) is 5.38 Å². The van der Waals surface area contributed by atoms with Gasteiger partial charge in [-0.1, -0.05) is 11.4 Å². The summed E-state index contributed by atoms with van der Waals surface area (Å²) in [6.07, 6.45) is 0.670. The van der Waals surface area contributed by atoms with Crippen LogP contribution in [0.25, 0.3) is 0 Å². The minimum Gasteiger partial charge on any atom is -0.343 e. The normalized spacial score (nSPS) is 11.4. The average molecular weight is 268 g/mol. The van der Waals surface area contributed by atoms with E-state index >= 15 is 0 Å². The van der Waals surface area contributed by atoms with E-state index in [4.69, 9.17) is 23.2 Å². The van der Waals surface area contributed by atoms with Crippen molar-refractivity contribution in [1.29, 1.82) is 0 Å². The first kappa shape index (κ1) is 12.7.